The van der Waals surface area contributed by atoms with Crippen LogP contribution in [-0.2, 0) is 10.2 Å². The molecule has 0 aliphatic heterocycles. The standard InChI is InChI=1S/C21H25NO/c1-14-13-21(10-6-3-7-11-21)18-12-16-8-4-5-9-17(16)20(19(14)18)22-15(2)23/h4-5,8-9,12,14H,3,6-7,10-11,13H2,1-2H3,(H,22,23). The van der Waals surface area contributed by atoms with Crippen LogP contribution in [0.2, 0.25) is 0 Å². The fourth-order valence-electron chi connectivity index (χ4n) is 5.13. The van der Waals surface area contributed by atoms with Crippen LogP contribution in [0.15, 0.2) is 30.3 Å². The van der Waals surface area contributed by atoms with Gasteiger partial charge >= 0.3 is 0 Å². The van der Waals surface area contributed by atoms with Gasteiger partial charge in [-0.3, -0.25) is 4.79 Å². The maximum Gasteiger partial charge on any atom is 0.221 e. The summed E-state index contributed by atoms with van der Waals surface area (Å²) in [6.45, 7) is 3.95. The molecule has 2 aromatic rings. The molecule has 0 bridgehead atoms. The fourth-order valence-corrected chi connectivity index (χ4v) is 5.13. The molecule has 2 aromatic carbocycles. The highest BCUT2D eigenvalue weighted by Gasteiger charge is 2.44. The predicted molar refractivity (Wildman–Crippen MR) is 96.0 cm³/mol. The molecule has 0 aromatic heterocycles. The minimum Gasteiger partial charge on any atom is -0.325 e. The van der Waals surface area contributed by atoms with Crippen LogP contribution in [0.4, 0.5) is 5.69 Å². The van der Waals surface area contributed by atoms with Gasteiger partial charge in [0.2, 0.25) is 5.91 Å². The van der Waals surface area contributed by atoms with Crippen molar-refractivity contribution in [1.29, 1.82) is 0 Å². The van der Waals surface area contributed by atoms with Crippen LogP contribution in [0.1, 0.15) is 69.4 Å². The van der Waals surface area contributed by atoms with Crippen molar-refractivity contribution in [3.8, 4) is 0 Å². The summed E-state index contributed by atoms with van der Waals surface area (Å²) in [5, 5.41) is 5.60. The molecule has 1 amide bonds. The van der Waals surface area contributed by atoms with Crippen molar-refractivity contribution < 1.29 is 4.79 Å². The number of carbonyl (C=O) groups excluding carboxylic acids is 1. The van der Waals surface area contributed by atoms with Crippen LogP contribution in [-0.4, -0.2) is 5.91 Å². The Balaban J connectivity index is 1.99. The number of fused-ring (bicyclic) bond motifs is 3. The van der Waals surface area contributed by atoms with Gasteiger partial charge in [-0.05, 0) is 47.1 Å². The van der Waals surface area contributed by atoms with Gasteiger partial charge in [0.25, 0.3) is 0 Å². The molecular formula is C21H25NO. The largest absolute Gasteiger partial charge is 0.325 e. The molecule has 1 N–H and O–H groups in total. The summed E-state index contributed by atoms with van der Waals surface area (Å²) in [6, 6.07) is 10.9. The molecule has 2 heteroatoms. The van der Waals surface area contributed by atoms with Gasteiger partial charge in [-0.2, -0.15) is 0 Å². The van der Waals surface area contributed by atoms with E-state index in [1.165, 1.54) is 60.4 Å². The zero-order valence-corrected chi connectivity index (χ0v) is 14.1. The first-order valence-corrected chi connectivity index (χ1v) is 8.94. The molecule has 1 atom stereocenters. The Bertz CT molecular complexity index is 771. The lowest BCUT2D eigenvalue weighted by atomic mass is 9.69. The lowest BCUT2D eigenvalue weighted by Gasteiger charge is -2.35. The summed E-state index contributed by atoms with van der Waals surface area (Å²) in [6.07, 6.45) is 7.91. The highest BCUT2D eigenvalue weighted by Crippen LogP contribution is 2.56. The van der Waals surface area contributed by atoms with Crippen molar-refractivity contribution in [3.63, 3.8) is 0 Å². The average molecular weight is 307 g/mol. The second-order valence-corrected chi connectivity index (χ2v) is 7.56. The Kier molecular flexibility index (Phi) is 3.44. The van der Waals surface area contributed by atoms with E-state index >= 15 is 0 Å². The fraction of sp³-hybridized carbons (Fsp3) is 0.476. The second kappa shape index (κ2) is 5.36. The zero-order chi connectivity index (χ0) is 16.0. The van der Waals surface area contributed by atoms with Crippen molar-refractivity contribution in [3.05, 3.63) is 41.5 Å². The van der Waals surface area contributed by atoms with E-state index in [0.717, 1.165) is 5.69 Å². The lowest BCUT2D eigenvalue weighted by molar-refractivity contribution is -0.114. The van der Waals surface area contributed by atoms with E-state index in [2.05, 4.69) is 42.6 Å². The molecule has 1 spiro atoms. The molecule has 0 radical (unpaired) electrons. The van der Waals surface area contributed by atoms with Gasteiger partial charge in [0.15, 0.2) is 0 Å². The second-order valence-electron chi connectivity index (χ2n) is 7.56. The molecule has 2 aliphatic rings. The van der Waals surface area contributed by atoms with E-state index in [1.54, 1.807) is 6.92 Å². The Morgan fingerprint density at radius 1 is 1.17 bits per heavy atom. The van der Waals surface area contributed by atoms with Gasteiger partial charge in [-0.15, -0.1) is 0 Å². The van der Waals surface area contributed by atoms with E-state index in [0.29, 0.717) is 11.3 Å². The van der Waals surface area contributed by atoms with Crippen LogP contribution in [0.3, 0.4) is 0 Å². The number of hydrogen-bond acceptors (Lipinski definition) is 1. The van der Waals surface area contributed by atoms with Crippen LogP contribution in [0.5, 0.6) is 0 Å². The van der Waals surface area contributed by atoms with Crippen molar-refractivity contribution in [2.75, 3.05) is 5.32 Å². The molecule has 0 heterocycles. The number of benzene rings is 2. The van der Waals surface area contributed by atoms with Crippen LogP contribution < -0.4 is 5.32 Å². The third kappa shape index (κ3) is 2.27. The Hall–Kier alpha value is -1.83. The first-order valence-electron chi connectivity index (χ1n) is 8.94. The van der Waals surface area contributed by atoms with Crippen molar-refractivity contribution in [2.24, 2.45) is 0 Å². The molecule has 2 aliphatic carbocycles. The summed E-state index contributed by atoms with van der Waals surface area (Å²) in [4.78, 5) is 11.8. The molecular weight excluding hydrogens is 282 g/mol. The van der Waals surface area contributed by atoms with Gasteiger partial charge in [-0.1, -0.05) is 56.5 Å². The Morgan fingerprint density at radius 2 is 1.91 bits per heavy atom. The number of carbonyl (C=O) groups is 1. The van der Waals surface area contributed by atoms with E-state index in [9.17, 15) is 4.79 Å². The molecule has 120 valence electrons. The number of nitrogens with one attached hydrogen (secondary N) is 1. The number of amides is 1. The van der Waals surface area contributed by atoms with Gasteiger partial charge in [0, 0.05) is 12.3 Å². The van der Waals surface area contributed by atoms with E-state index in [1.807, 2.05) is 0 Å². The summed E-state index contributed by atoms with van der Waals surface area (Å²) in [5.41, 5.74) is 4.35. The first-order chi connectivity index (χ1) is 11.1. The van der Waals surface area contributed by atoms with Crippen molar-refractivity contribution in [1.82, 2.24) is 0 Å². The summed E-state index contributed by atoms with van der Waals surface area (Å²) < 4.78 is 0. The first kappa shape index (κ1) is 14.7. The Morgan fingerprint density at radius 3 is 2.65 bits per heavy atom. The van der Waals surface area contributed by atoms with Gasteiger partial charge in [-0.25, -0.2) is 0 Å². The molecule has 23 heavy (non-hydrogen) atoms. The molecule has 4 rings (SSSR count). The SMILES string of the molecule is CC(=O)Nc1c2c(cc3ccccc13)C1(CCCCC1)CC2C. The topological polar surface area (TPSA) is 29.1 Å². The smallest absolute Gasteiger partial charge is 0.221 e. The number of hydrogen-bond donors (Lipinski definition) is 1. The van der Waals surface area contributed by atoms with E-state index in [-0.39, 0.29) is 5.91 Å². The number of rotatable bonds is 1. The van der Waals surface area contributed by atoms with E-state index in [4.69, 9.17) is 0 Å². The third-order valence-electron chi connectivity index (χ3n) is 5.96. The van der Waals surface area contributed by atoms with Crippen LogP contribution in [0.25, 0.3) is 10.8 Å². The molecule has 2 nitrogen and oxygen atoms in total. The van der Waals surface area contributed by atoms with Gasteiger partial charge in [0.1, 0.15) is 0 Å². The molecule has 0 saturated heterocycles. The quantitative estimate of drug-likeness (QED) is 0.739. The van der Waals surface area contributed by atoms with Gasteiger partial charge in [0.05, 0.1) is 5.69 Å². The minimum atomic E-state index is 0.0281. The van der Waals surface area contributed by atoms with Gasteiger partial charge < -0.3 is 5.32 Å². The van der Waals surface area contributed by atoms with Crippen molar-refractivity contribution >= 4 is 22.4 Å². The van der Waals surface area contributed by atoms with Crippen LogP contribution >= 0.6 is 0 Å². The molecule has 1 fully saturated rings. The molecule has 1 unspecified atom stereocenters. The monoisotopic (exact) mass is 307 g/mol. The highest BCUT2D eigenvalue weighted by atomic mass is 16.1. The maximum absolute atomic E-state index is 11.8. The van der Waals surface area contributed by atoms with Crippen LogP contribution in [0, 0.1) is 0 Å². The summed E-state index contributed by atoms with van der Waals surface area (Å²) in [5.74, 6) is 0.551. The molecule has 1 saturated carbocycles. The summed E-state index contributed by atoms with van der Waals surface area (Å²) in [7, 11) is 0. The maximum atomic E-state index is 11.8. The summed E-state index contributed by atoms with van der Waals surface area (Å²) >= 11 is 0. The zero-order valence-electron chi connectivity index (χ0n) is 14.1. The average Bonchev–Trinajstić information content (AvgIpc) is 2.79. The lowest BCUT2D eigenvalue weighted by Crippen LogP contribution is -2.26. The normalized spacial score (nSPS) is 22.3. The van der Waals surface area contributed by atoms with Crippen molar-refractivity contribution in [2.45, 2.75) is 63.7 Å². The van der Waals surface area contributed by atoms with E-state index < -0.39 is 0 Å². The minimum absolute atomic E-state index is 0.0281. The third-order valence-corrected chi connectivity index (χ3v) is 5.96. The predicted octanol–water partition coefficient (Wildman–Crippen LogP) is 5.51. The Labute approximate surface area is 138 Å². The number of anilines is 1. The highest BCUT2D eigenvalue weighted by molar-refractivity contribution is 6.04.